The molecule has 2 amide bonds. The molecule has 0 bridgehead atoms. The fourth-order valence-corrected chi connectivity index (χ4v) is 1.88. The van der Waals surface area contributed by atoms with Crippen molar-refractivity contribution in [3.05, 3.63) is 29.8 Å². The third kappa shape index (κ3) is 4.83. The number of benzene rings is 1. The van der Waals surface area contributed by atoms with Crippen molar-refractivity contribution in [3.8, 4) is 0 Å². The van der Waals surface area contributed by atoms with Crippen LogP contribution in [0.3, 0.4) is 0 Å². The summed E-state index contributed by atoms with van der Waals surface area (Å²) in [6.45, 7) is 6.16. The highest BCUT2D eigenvalue weighted by Gasteiger charge is 2.16. The van der Waals surface area contributed by atoms with Crippen LogP contribution in [0.15, 0.2) is 24.3 Å². The van der Waals surface area contributed by atoms with Crippen molar-refractivity contribution in [2.24, 2.45) is 0 Å². The topological polar surface area (TPSA) is 72.8 Å². The van der Waals surface area contributed by atoms with E-state index in [4.69, 9.17) is 5.11 Å². The molecule has 5 heteroatoms. The summed E-state index contributed by atoms with van der Waals surface area (Å²) in [7, 11) is 0. The van der Waals surface area contributed by atoms with Gasteiger partial charge in [-0.3, -0.25) is 0 Å². The van der Waals surface area contributed by atoms with Gasteiger partial charge in [0.2, 0.25) is 0 Å². The summed E-state index contributed by atoms with van der Waals surface area (Å²) in [5.41, 5.74) is 1.50. The average molecular weight is 280 g/mol. The molecule has 0 aliphatic carbocycles. The van der Waals surface area contributed by atoms with Crippen molar-refractivity contribution >= 4 is 11.7 Å². The molecule has 1 atom stereocenters. The highest BCUT2D eigenvalue weighted by molar-refractivity contribution is 5.89. The average Bonchev–Trinajstić information content (AvgIpc) is 2.39. The van der Waals surface area contributed by atoms with E-state index < -0.39 is 6.10 Å². The van der Waals surface area contributed by atoms with E-state index in [1.54, 1.807) is 36.1 Å². The molecule has 0 aromatic heterocycles. The van der Waals surface area contributed by atoms with E-state index in [0.717, 1.165) is 5.56 Å². The smallest absolute Gasteiger partial charge is 0.322 e. The summed E-state index contributed by atoms with van der Waals surface area (Å²) in [6, 6.07) is 6.99. The lowest BCUT2D eigenvalue weighted by Gasteiger charge is -2.26. The maximum absolute atomic E-state index is 12.2. The Morgan fingerprint density at radius 3 is 2.30 bits per heavy atom. The van der Waals surface area contributed by atoms with Crippen molar-refractivity contribution in [1.29, 1.82) is 0 Å². The highest BCUT2D eigenvalue weighted by Crippen LogP contribution is 2.16. The molecule has 5 nitrogen and oxygen atoms in total. The van der Waals surface area contributed by atoms with Crippen molar-refractivity contribution in [2.75, 3.05) is 18.5 Å². The molecule has 1 unspecified atom stereocenters. The van der Waals surface area contributed by atoms with Gasteiger partial charge < -0.3 is 20.4 Å². The van der Waals surface area contributed by atoms with Crippen LogP contribution in [-0.2, 0) is 0 Å². The lowest BCUT2D eigenvalue weighted by molar-refractivity contribution is 0.186. The Balaban J connectivity index is 2.67. The number of amides is 2. The van der Waals surface area contributed by atoms with E-state index in [2.05, 4.69) is 5.32 Å². The zero-order valence-corrected chi connectivity index (χ0v) is 12.3. The summed E-state index contributed by atoms with van der Waals surface area (Å²) in [6.07, 6.45) is 0.0449. The maximum Gasteiger partial charge on any atom is 0.322 e. The second kappa shape index (κ2) is 7.87. The molecular formula is C15H24N2O3. The van der Waals surface area contributed by atoms with Crippen LogP contribution in [0, 0.1) is 0 Å². The van der Waals surface area contributed by atoms with E-state index in [1.807, 2.05) is 13.8 Å². The standard InChI is InChI=1S/C15H24N2O3/c1-11(2)17(9-4-10-18)15(20)16-14-7-5-13(6-8-14)12(3)19/h5-8,11-12,18-19H,4,9-10H2,1-3H3,(H,16,20). The van der Waals surface area contributed by atoms with E-state index in [0.29, 0.717) is 18.7 Å². The minimum absolute atomic E-state index is 0.0679. The number of aliphatic hydroxyl groups is 2. The van der Waals surface area contributed by atoms with Crippen LogP contribution < -0.4 is 5.32 Å². The Morgan fingerprint density at radius 2 is 1.85 bits per heavy atom. The maximum atomic E-state index is 12.2. The summed E-state index contributed by atoms with van der Waals surface area (Å²) in [5, 5.41) is 21.1. The van der Waals surface area contributed by atoms with Gasteiger partial charge in [-0.05, 0) is 44.9 Å². The minimum Gasteiger partial charge on any atom is -0.396 e. The summed E-state index contributed by atoms with van der Waals surface area (Å²) >= 11 is 0. The molecule has 0 radical (unpaired) electrons. The highest BCUT2D eigenvalue weighted by atomic mass is 16.3. The summed E-state index contributed by atoms with van der Waals surface area (Å²) in [4.78, 5) is 13.8. The Bertz CT molecular complexity index is 416. The van der Waals surface area contributed by atoms with Crippen molar-refractivity contribution < 1.29 is 15.0 Å². The number of carbonyl (C=O) groups is 1. The van der Waals surface area contributed by atoms with E-state index in [9.17, 15) is 9.90 Å². The molecule has 0 aliphatic heterocycles. The Labute approximate surface area is 120 Å². The van der Waals surface area contributed by atoms with Crippen molar-refractivity contribution in [1.82, 2.24) is 4.90 Å². The molecule has 0 aliphatic rings. The third-order valence-corrected chi connectivity index (χ3v) is 3.09. The summed E-state index contributed by atoms with van der Waals surface area (Å²) < 4.78 is 0. The number of nitrogens with one attached hydrogen (secondary N) is 1. The minimum atomic E-state index is -0.517. The molecule has 0 fully saturated rings. The zero-order valence-electron chi connectivity index (χ0n) is 12.3. The first-order valence-electron chi connectivity index (χ1n) is 6.92. The van der Waals surface area contributed by atoms with Gasteiger partial charge in [-0.1, -0.05) is 12.1 Å². The van der Waals surface area contributed by atoms with Gasteiger partial charge in [0.05, 0.1) is 6.10 Å². The van der Waals surface area contributed by atoms with Crippen molar-refractivity contribution in [2.45, 2.75) is 39.3 Å². The lowest BCUT2D eigenvalue weighted by atomic mass is 10.1. The van der Waals surface area contributed by atoms with Crippen molar-refractivity contribution in [3.63, 3.8) is 0 Å². The number of rotatable bonds is 6. The van der Waals surface area contributed by atoms with Crippen LogP contribution in [0.2, 0.25) is 0 Å². The molecule has 0 saturated carbocycles. The van der Waals surface area contributed by atoms with E-state index >= 15 is 0 Å². The van der Waals surface area contributed by atoms with Crippen LogP contribution >= 0.6 is 0 Å². The molecule has 0 saturated heterocycles. The second-order valence-corrected chi connectivity index (χ2v) is 5.09. The van der Waals surface area contributed by atoms with Gasteiger partial charge in [0.25, 0.3) is 0 Å². The molecule has 0 heterocycles. The molecule has 20 heavy (non-hydrogen) atoms. The van der Waals surface area contributed by atoms with Crippen LogP contribution in [0.4, 0.5) is 10.5 Å². The van der Waals surface area contributed by atoms with Gasteiger partial charge in [-0.15, -0.1) is 0 Å². The van der Waals surface area contributed by atoms with Gasteiger partial charge in [-0.2, -0.15) is 0 Å². The number of carbonyl (C=O) groups excluding carboxylic acids is 1. The van der Waals surface area contributed by atoms with E-state index in [1.165, 1.54) is 0 Å². The van der Waals surface area contributed by atoms with Crippen LogP contribution in [0.1, 0.15) is 38.9 Å². The number of hydrogen-bond donors (Lipinski definition) is 3. The van der Waals surface area contributed by atoms with Gasteiger partial charge in [-0.25, -0.2) is 4.79 Å². The first kappa shape index (κ1) is 16.5. The second-order valence-electron chi connectivity index (χ2n) is 5.09. The van der Waals surface area contributed by atoms with Gasteiger partial charge in [0, 0.05) is 24.9 Å². The monoisotopic (exact) mass is 280 g/mol. The van der Waals surface area contributed by atoms with Gasteiger partial charge in [0.1, 0.15) is 0 Å². The molecule has 112 valence electrons. The van der Waals surface area contributed by atoms with Crippen LogP contribution in [0.5, 0.6) is 0 Å². The van der Waals surface area contributed by atoms with Crippen LogP contribution in [-0.4, -0.2) is 40.3 Å². The molecule has 1 rings (SSSR count). The SMILES string of the molecule is CC(O)c1ccc(NC(=O)N(CCCO)C(C)C)cc1. The molecule has 0 spiro atoms. The quantitative estimate of drug-likeness (QED) is 0.749. The lowest BCUT2D eigenvalue weighted by Crippen LogP contribution is -2.40. The first-order valence-corrected chi connectivity index (χ1v) is 6.92. The molecule has 1 aromatic carbocycles. The molecular weight excluding hydrogens is 256 g/mol. The number of anilines is 1. The fraction of sp³-hybridized carbons (Fsp3) is 0.533. The Hall–Kier alpha value is -1.59. The predicted octanol–water partition coefficient (Wildman–Crippen LogP) is 2.36. The zero-order chi connectivity index (χ0) is 15.1. The Kier molecular flexibility index (Phi) is 6.48. The fourth-order valence-electron chi connectivity index (χ4n) is 1.88. The molecule has 1 aromatic rings. The number of urea groups is 1. The Morgan fingerprint density at radius 1 is 1.25 bits per heavy atom. The van der Waals surface area contributed by atoms with E-state index in [-0.39, 0.29) is 18.7 Å². The predicted molar refractivity (Wildman–Crippen MR) is 79.6 cm³/mol. The normalized spacial score (nSPS) is 12.3. The molecule has 3 N–H and O–H groups in total. The van der Waals surface area contributed by atoms with Crippen LogP contribution in [0.25, 0.3) is 0 Å². The summed E-state index contributed by atoms with van der Waals surface area (Å²) in [5.74, 6) is 0. The number of nitrogens with zero attached hydrogens (tertiary/aromatic N) is 1. The third-order valence-electron chi connectivity index (χ3n) is 3.09. The van der Waals surface area contributed by atoms with Gasteiger partial charge >= 0.3 is 6.03 Å². The number of hydrogen-bond acceptors (Lipinski definition) is 3. The first-order chi connectivity index (χ1) is 9.45. The number of aliphatic hydroxyl groups excluding tert-OH is 2. The van der Waals surface area contributed by atoms with Gasteiger partial charge in [0.15, 0.2) is 0 Å². The largest absolute Gasteiger partial charge is 0.396 e.